The van der Waals surface area contributed by atoms with Crippen molar-refractivity contribution in [2.45, 2.75) is 25.6 Å². The van der Waals surface area contributed by atoms with Crippen molar-refractivity contribution in [3.05, 3.63) is 0 Å². The van der Waals surface area contributed by atoms with Gasteiger partial charge in [0.15, 0.2) is 0 Å². The van der Waals surface area contributed by atoms with Crippen LogP contribution in [0.4, 0.5) is 0 Å². The molecule has 10 heavy (non-hydrogen) atoms. The number of rotatable bonds is 0. The Morgan fingerprint density at radius 3 is 0.800 bits per heavy atom. The van der Waals surface area contributed by atoms with Crippen LogP contribution in [0.5, 0.6) is 0 Å². The molecule has 0 rings (SSSR count). The Morgan fingerprint density at radius 2 is 0.800 bits per heavy atom. The van der Waals surface area contributed by atoms with Crippen LogP contribution in [0.3, 0.4) is 0 Å². The maximum Gasteiger partial charge on any atom is 4.00 e. The van der Waals surface area contributed by atoms with E-state index >= 15 is 0 Å². The zero-order chi connectivity index (χ0) is 4.50. The van der Waals surface area contributed by atoms with Crippen LogP contribution in [0.25, 0.3) is 0 Å². The minimum Gasteiger partial charge on any atom is -1.00 e. The Kier molecular flexibility index (Phi) is 69.0. The van der Waals surface area contributed by atoms with Gasteiger partial charge < -0.3 is 49.6 Å². The molecule has 0 aromatic heterocycles. The van der Waals surface area contributed by atoms with E-state index in [0.29, 0.717) is 0 Å². The molecule has 0 aliphatic rings. The van der Waals surface area contributed by atoms with Gasteiger partial charge in [-0.1, -0.05) is 0 Å². The van der Waals surface area contributed by atoms with Crippen molar-refractivity contribution < 1.29 is 71.3 Å². The van der Waals surface area contributed by atoms with Crippen LogP contribution in [0.1, 0.15) is 20.8 Å². The largest absolute Gasteiger partial charge is 4.00 e. The molecule has 0 bridgehead atoms. The molecule has 64 valence electrons. The molecular weight excluding hydrogens is 273 g/mol. The molecule has 0 N–H and O–H groups in total. The zero-order valence-electron chi connectivity index (χ0n) is 5.89. The van der Waals surface area contributed by atoms with Crippen molar-refractivity contribution >= 4 is 11.6 Å². The van der Waals surface area contributed by atoms with E-state index in [1.807, 2.05) is 20.8 Å². The summed E-state index contributed by atoms with van der Waals surface area (Å²) in [6.07, 6.45) is 0. The first kappa shape index (κ1) is 39.9. The van der Waals surface area contributed by atoms with Gasteiger partial charge in [0.25, 0.3) is 0 Å². The van der Waals surface area contributed by atoms with E-state index in [2.05, 4.69) is 0 Å². The molecular formula is C4H9Cl5Ti. The fourth-order valence-electron chi connectivity index (χ4n) is 0. The molecule has 0 heterocycles. The summed E-state index contributed by atoms with van der Waals surface area (Å²) in [6.45, 7) is 5.86. The quantitative estimate of drug-likeness (QED) is 0.306. The zero-order valence-corrected chi connectivity index (χ0v) is 11.2. The minimum absolute atomic E-state index is 0. The van der Waals surface area contributed by atoms with Crippen molar-refractivity contribution in [1.82, 2.24) is 0 Å². The molecule has 0 aliphatic heterocycles. The van der Waals surface area contributed by atoms with Gasteiger partial charge in [-0.15, -0.1) is 11.6 Å². The van der Waals surface area contributed by atoms with E-state index in [1.54, 1.807) is 0 Å². The number of hydrogen-bond acceptors (Lipinski definition) is 0. The molecule has 0 nitrogen and oxygen atoms in total. The first-order valence-corrected chi connectivity index (χ1v) is 2.07. The number of alkyl halides is 1. The predicted octanol–water partition coefficient (Wildman–Crippen LogP) is -9.96. The average Bonchev–Trinajstić information content (AvgIpc) is 0.722. The van der Waals surface area contributed by atoms with Crippen LogP contribution in [0, 0.1) is 0 Å². The summed E-state index contributed by atoms with van der Waals surface area (Å²) in [5.41, 5.74) is 0. The van der Waals surface area contributed by atoms with Crippen LogP contribution in [0.2, 0.25) is 0 Å². The molecule has 6 heteroatoms. The van der Waals surface area contributed by atoms with E-state index in [1.165, 1.54) is 0 Å². The van der Waals surface area contributed by atoms with Crippen LogP contribution < -0.4 is 49.6 Å². The van der Waals surface area contributed by atoms with Gasteiger partial charge >= 0.3 is 21.7 Å². The molecule has 0 atom stereocenters. The SMILES string of the molecule is CC(C)(C)Cl.[Cl-].[Cl-].[Cl-].[Cl-].[Ti+4]. The van der Waals surface area contributed by atoms with Crippen molar-refractivity contribution in [3.8, 4) is 0 Å². The van der Waals surface area contributed by atoms with Crippen molar-refractivity contribution in [2.75, 3.05) is 0 Å². The first-order chi connectivity index (χ1) is 2.00. The topological polar surface area (TPSA) is 0 Å². The summed E-state index contributed by atoms with van der Waals surface area (Å²) in [5, 5.41) is 0. The van der Waals surface area contributed by atoms with Crippen molar-refractivity contribution in [3.63, 3.8) is 0 Å². The monoisotopic (exact) mass is 280 g/mol. The Morgan fingerprint density at radius 1 is 0.800 bits per heavy atom. The van der Waals surface area contributed by atoms with Crippen LogP contribution in [0.15, 0.2) is 0 Å². The molecule has 0 radical (unpaired) electrons. The van der Waals surface area contributed by atoms with E-state index in [0.717, 1.165) is 0 Å². The molecule has 0 aromatic rings. The predicted molar refractivity (Wildman–Crippen MR) is 25.6 cm³/mol. The Balaban J connectivity index is -0.00000000800. The standard InChI is InChI=1S/C4H9Cl.4ClH.Ti/c1-4(2,3)5;;;;;/h1-3H3;4*1H;/q;;;;;+4/p-4. The van der Waals surface area contributed by atoms with E-state index in [-0.39, 0.29) is 76.2 Å². The number of halogens is 5. The normalized spacial score (nSPS) is 6.00. The van der Waals surface area contributed by atoms with E-state index < -0.39 is 0 Å². The second-order valence-electron chi connectivity index (χ2n) is 2.07. The molecule has 0 spiro atoms. The number of hydrogen-bond donors (Lipinski definition) is 0. The van der Waals surface area contributed by atoms with Gasteiger partial charge in [-0.2, -0.15) is 0 Å². The third kappa shape index (κ3) is 182. The Hall–Kier alpha value is 2.16. The summed E-state index contributed by atoms with van der Waals surface area (Å²) in [7, 11) is 0. The van der Waals surface area contributed by atoms with Crippen LogP contribution in [-0.2, 0) is 21.7 Å². The molecule has 0 aromatic carbocycles. The maximum absolute atomic E-state index is 5.53. The fraction of sp³-hybridized carbons (Fsp3) is 1.00. The van der Waals surface area contributed by atoms with Crippen LogP contribution in [-0.4, -0.2) is 4.87 Å². The first-order valence-electron chi connectivity index (χ1n) is 1.69. The molecule has 0 saturated heterocycles. The average molecular weight is 282 g/mol. The second-order valence-corrected chi connectivity index (χ2v) is 3.20. The summed E-state index contributed by atoms with van der Waals surface area (Å²) in [5.74, 6) is 0. The second kappa shape index (κ2) is 17.3. The van der Waals surface area contributed by atoms with Crippen molar-refractivity contribution in [1.29, 1.82) is 0 Å². The van der Waals surface area contributed by atoms with Gasteiger partial charge in [0.05, 0.1) is 0 Å². The van der Waals surface area contributed by atoms with Gasteiger partial charge in [0.2, 0.25) is 0 Å². The molecule has 0 aliphatic carbocycles. The molecule has 0 unspecified atom stereocenters. The van der Waals surface area contributed by atoms with Gasteiger partial charge in [0.1, 0.15) is 0 Å². The molecule has 0 amide bonds. The van der Waals surface area contributed by atoms with Crippen molar-refractivity contribution in [2.24, 2.45) is 0 Å². The maximum atomic E-state index is 5.53. The third-order valence-corrected chi connectivity index (χ3v) is 0. The molecule has 0 saturated carbocycles. The Bertz CT molecular complexity index is 29.1. The summed E-state index contributed by atoms with van der Waals surface area (Å²) >= 11 is 5.53. The summed E-state index contributed by atoms with van der Waals surface area (Å²) < 4.78 is 0. The van der Waals surface area contributed by atoms with Gasteiger partial charge in [0, 0.05) is 4.87 Å². The van der Waals surface area contributed by atoms with Gasteiger partial charge in [-0.25, -0.2) is 0 Å². The van der Waals surface area contributed by atoms with E-state index in [4.69, 9.17) is 11.6 Å². The third-order valence-electron chi connectivity index (χ3n) is 0. The van der Waals surface area contributed by atoms with Gasteiger partial charge in [-0.05, 0) is 20.8 Å². The molecule has 0 fully saturated rings. The van der Waals surface area contributed by atoms with E-state index in [9.17, 15) is 0 Å². The smallest absolute Gasteiger partial charge is 1.00 e. The summed E-state index contributed by atoms with van der Waals surface area (Å²) in [6, 6.07) is 0. The Labute approximate surface area is 108 Å². The van der Waals surface area contributed by atoms with Gasteiger partial charge in [-0.3, -0.25) is 0 Å². The summed E-state index contributed by atoms with van der Waals surface area (Å²) in [4.78, 5) is -0.0278. The van der Waals surface area contributed by atoms with Crippen LogP contribution >= 0.6 is 11.6 Å². The minimum atomic E-state index is -0.0278. The fourth-order valence-corrected chi connectivity index (χ4v) is 0.